The summed E-state index contributed by atoms with van der Waals surface area (Å²) < 4.78 is 1.74. The smallest absolute Gasteiger partial charge is 0.173 e. The summed E-state index contributed by atoms with van der Waals surface area (Å²) in [5, 5.41) is 9.66. The Bertz CT molecular complexity index is 867. The summed E-state index contributed by atoms with van der Waals surface area (Å²) in [7, 11) is 0. The highest BCUT2D eigenvalue weighted by Gasteiger charge is 2.09. The Hall–Kier alpha value is -3.06. The Morgan fingerprint density at radius 1 is 1.04 bits per heavy atom. The van der Waals surface area contributed by atoms with Crippen molar-refractivity contribution in [1.82, 2.24) is 24.7 Å². The maximum Gasteiger partial charge on any atom is 0.173 e. The molecule has 0 radical (unpaired) electrons. The first kappa shape index (κ1) is 15.5. The van der Waals surface area contributed by atoms with E-state index in [1.165, 1.54) is 0 Å². The Kier molecular flexibility index (Phi) is 4.47. The minimum Gasteiger partial charge on any atom is -0.369 e. The van der Waals surface area contributed by atoms with Crippen LogP contribution in [0.25, 0.3) is 16.5 Å². The number of nitrogens with zero attached hydrogens (tertiary/aromatic N) is 5. The van der Waals surface area contributed by atoms with Gasteiger partial charge >= 0.3 is 0 Å². The topological polar surface area (TPSA) is 68.5 Å². The highest BCUT2D eigenvalue weighted by Crippen LogP contribution is 2.23. The van der Waals surface area contributed by atoms with Crippen LogP contribution in [0.2, 0.25) is 0 Å². The fourth-order valence-corrected chi connectivity index (χ4v) is 3.08. The molecule has 4 rings (SSSR count). The maximum atomic E-state index is 4.64. The van der Waals surface area contributed by atoms with Gasteiger partial charge in [0.2, 0.25) is 0 Å². The molecule has 0 fully saturated rings. The number of hydrogen-bond acceptors (Lipinski definition) is 6. The van der Waals surface area contributed by atoms with Crippen molar-refractivity contribution in [3.05, 3.63) is 72.1 Å². The molecule has 4 aromatic rings. The Balaban J connectivity index is 1.58. The molecule has 124 valence electrons. The van der Waals surface area contributed by atoms with E-state index in [9.17, 15) is 0 Å². The van der Waals surface area contributed by atoms with Crippen molar-refractivity contribution in [2.45, 2.75) is 6.42 Å². The first-order chi connectivity index (χ1) is 12.4. The van der Waals surface area contributed by atoms with E-state index >= 15 is 0 Å². The molecule has 0 saturated heterocycles. The van der Waals surface area contributed by atoms with Crippen LogP contribution in [0.1, 0.15) is 5.69 Å². The molecule has 0 amide bonds. The zero-order chi connectivity index (χ0) is 16.9. The third-order valence-electron chi connectivity index (χ3n) is 3.61. The van der Waals surface area contributed by atoms with Gasteiger partial charge in [-0.05, 0) is 29.6 Å². The zero-order valence-corrected chi connectivity index (χ0v) is 14.2. The van der Waals surface area contributed by atoms with Crippen LogP contribution in [-0.2, 0) is 6.42 Å². The molecule has 7 heteroatoms. The van der Waals surface area contributed by atoms with Gasteiger partial charge in [0.05, 0.1) is 4.88 Å². The molecule has 0 aliphatic carbocycles. The van der Waals surface area contributed by atoms with Crippen molar-refractivity contribution < 1.29 is 0 Å². The largest absolute Gasteiger partial charge is 0.369 e. The summed E-state index contributed by atoms with van der Waals surface area (Å²) in [5.41, 5.74) is 1.05. The average molecular weight is 348 g/mol. The second-order valence-corrected chi connectivity index (χ2v) is 6.31. The summed E-state index contributed by atoms with van der Waals surface area (Å²) in [6.07, 6.45) is 6.25. The second kappa shape index (κ2) is 7.23. The predicted molar refractivity (Wildman–Crippen MR) is 98.9 cm³/mol. The maximum absolute atomic E-state index is 4.64. The Morgan fingerprint density at radius 2 is 2.04 bits per heavy atom. The highest BCUT2D eigenvalue weighted by atomic mass is 32.1. The monoisotopic (exact) mass is 348 g/mol. The zero-order valence-electron chi connectivity index (χ0n) is 13.4. The lowest BCUT2D eigenvalue weighted by molar-refractivity contribution is 0.841. The number of nitrogens with one attached hydrogen (secondary N) is 1. The highest BCUT2D eigenvalue weighted by molar-refractivity contribution is 7.13. The molecule has 0 saturated carbocycles. The standard InChI is InChI=1S/C18H16N6S/c1-2-8-19-14(5-1)7-10-20-16-13-17(24-11-4-9-21-24)23-18(22-16)15-6-3-12-25-15/h1-6,8-9,11-13H,7,10H2,(H,20,22,23). The number of aromatic nitrogens is 5. The van der Waals surface area contributed by atoms with E-state index in [1.54, 1.807) is 22.2 Å². The molecule has 0 bridgehead atoms. The van der Waals surface area contributed by atoms with E-state index in [4.69, 9.17) is 0 Å². The third-order valence-corrected chi connectivity index (χ3v) is 4.47. The summed E-state index contributed by atoms with van der Waals surface area (Å²) in [6.45, 7) is 0.746. The molecular formula is C18H16N6S. The molecule has 6 nitrogen and oxygen atoms in total. The number of anilines is 1. The summed E-state index contributed by atoms with van der Waals surface area (Å²) >= 11 is 1.62. The molecular weight excluding hydrogens is 332 g/mol. The minimum atomic E-state index is 0.698. The molecule has 0 aliphatic rings. The van der Waals surface area contributed by atoms with Crippen molar-refractivity contribution >= 4 is 17.2 Å². The van der Waals surface area contributed by atoms with Crippen LogP contribution >= 0.6 is 11.3 Å². The van der Waals surface area contributed by atoms with E-state index in [-0.39, 0.29) is 0 Å². The Morgan fingerprint density at radius 3 is 2.80 bits per heavy atom. The molecule has 4 heterocycles. The second-order valence-electron chi connectivity index (χ2n) is 5.36. The predicted octanol–water partition coefficient (Wildman–Crippen LogP) is 3.44. The lowest BCUT2D eigenvalue weighted by atomic mass is 10.3. The number of thiophene rings is 1. The van der Waals surface area contributed by atoms with Gasteiger partial charge in [-0.2, -0.15) is 5.10 Å². The van der Waals surface area contributed by atoms with E-state index in [2.05, 4.69) is 25.4 Å². The van der Waals surface area contributed by atoms with Gasteiger partial charge in [-0.15, -0.1) is 11.3 Å². The molecule has 0 spiro atoms. The van der Waals surface area contributed by atoms with Crippen molar-refractivity contribution in [3.8, 4) is 16.5 Å². The van der Waals surface area contributed by atoms with Gasteiger partial charge in [0.1, 0.15) is 5.82 Å². The van der Waals surface area contributed by atoms with Gasteiger partial charge < -0.3 is 5.32 Å². The van der Waals surface area contributed by atoms with Crippen molar-refractivity contribution in [2.75, 3.05) is 11.9 Å². The van der Waals surface area contributed by atoms with Crippen LogP contribution in [-0.4, -0.2) is 31.3 Å². The lowest BCUT2D eigenvalue weighted by Gasteiger charge is -2.09. The van der Waals surface area contributed by atoms with Gasteiger partial charge in [-0.1, -0.05) is 12.1 Å². The molecule has 25 heavy (non-hydrogen) atoms. The van der Waals surface area contributed by atoms with Gasteiger partial charge in [-0.25, -0.2) is 14.6 Å². The van der Waals surface area contributed by atoms with E-state index < -0.39 is 0 Å². The molecule has 0 aromatic carbocycles. The van der Waals surface area contributed by atoms with Gasteiger partial charge in [0.15, 0.2) is 11.6 Å². The summed E-state index contributed by atoms with van der Waals surface area (Å²) in [4.78, 5) is 14.6. The first-order valence-corrected chi connectivity index (χ1v) is 8.83. The molecule has 0 atom stereocenters. The quantitative estimate of drug-likeness (QED) is 0.578. The fourth-order valence-electron chi connectivity index (χ4n) is 2.43. The van der Waals surface area contributed by atoms with Crippen LogP contribution in [0.3, 0.4) is 0 Å². The lowest BCUT2D eigenvalue weighted by Crippen LogP contribution is -2.10. The van der Waals surface area contributed by atoms with Crippen molar-refractivity contribution in [3.63, 3.8) is 0 Å². The molecule has 0 aliphatic heterocycles. The summed E-state index contributed by atoms with van der Waals surface area (Å²) in [6, 6.07) is 13.7. The van der Waals surface area contributed by atoms with Crippen LogP contribution < -0.4 is 5.32 Å². The number of hydrogen-bond donors (Lipinski definition) is 1. The van der Waals surface area contributed by atoms with E-state index in [1.807, 2.05) is 60.2 Å². The van der Waals surface area contributed by atoms with Gasteiger partial charge in [0.25, 0.3) is 0 Å². The van der Waals surface area contributed by atoms with Crippen molar-refractivity contribution in [1.29, 1.82) is 0 Å². The van der Waals surface area contributed by atoms with E-state index in [0.717, 1.165) is 35.2 Å². The van der Waals surface area contributed by atoms with Crippen LogP contribution in [0.5, 0.6) is 0 Å². The van der Waals surface area contributed by atoms with Crippen LogP contribution in [0.4, 0.5) is 5.82 Å². The normalized spacial score (nSPS) is 10.7. The third kappa shape index (κ3) is 3.72. The SMILES string of the molecule is c1ccc(CCNc2cc(-n3cccn3)nc(-c3cccs3)n2)nc1. The fraction of sp³-hybridized carbons (Fsp3) is 0.111. The number of rotatable bonds is 6. The van der Waals surface area contributed by atoms with Gasteiger partial charge in [0, 0.05) is 43.3 Å². The molecule has 4 aromatic heterocycles. The number of pyridine rings is 1. The average Bonchev–Trinajstić information content (AvgIpc) is 3.36. The van der Waals surface area contributed by atoms with Crippen molar-refractivity contribution in [2.24, 2.45) is 0 Å². The van der Waals surface area contributed by atoms with Gasteiger partial charge in [-0.3, -0.25) is 4.98 Å². The van der Waals surface area contributed by atoms with Crippen LogP contribution in [0.15, 0.2) is 66.4 Å². The van der Waals surface area contributed by atoms with E-state index in [0.29, 0.717) is 5.82 Å². The van der Waals surface area contributed by atoms with Crippen LogP contribution in [0, 0.1) is 0 Å². The molecule has 1 N–H and O–H groups in total. The molecule has 0 unspecified atom stereocenters. The Labute approximate surface area is 149 Å². The first-order valence-electron chi connectivity index (χ1n) is 7.95. The summed E-state index contributed by atoms with van der Waals surface area (Å²) in [5.74, 6) is 2.21. The minimum absolute atomic E-state index is 0.698.